The number of esters is 1. The summed E-state index contributed by atoms with van der Waals surface area (Å²) in [5, 5.41) is 0. The minimum Gasteiger partial charge on any atom is -0.466 e. The van der Waals surface area contributed by atoms with Crippen molar-refractivity contribution in [3.63, 3.8) is 0 Å². The Morgan fingerprint density at radius 2 is 1.50 bits per heavy atom. The van der Waals surface area contributed by atoms with Gasteiger partial charge in [0.05, 0.1) is 13.0 Å². The van der Waals surface area contributed by atoms with Gasteiger partial charge < -0.3 is 9.47 Å². The van der Waals surface area contributed by atoms with Crippen molar-refractivity contribution >= 4 is 17.7 Å². The zero-order valence-corrected chi connectivity index (χ0v) is 20.3. The second kappa shape index (κ2) is 10.6. The molecule has 0 unspecified atom stereocenters. The molecule has 180 valence electrons. The summed E-state index contributed by atoms with van der Waals surface area (Å²) in [7, 11) is 0. The average molecular weight is 489 g/mol. The molecule has 0 bridgehead atoms. The van der Waals surface area contributed by atoms with E-state index in [4.69, 9.17) is 4.74 Å². The number of hydrogen-bond donors (Lipinski definition) is 0. The molecule has 0 spiro atoms. The molecule has 0 aliphatic carbocycles. The lowest BCUT2D eigenvalue weighted by Crippen LogP contribution is -2.16. The van der Waals surface area contributed by atoms with E-state index in [1.54, 1.807) is 19.1 Å². The fraction of sp³-hybridized carbons (Fsp3) is 0.296. The lowest BCUT2D eigenvalue weighted by molar-refractivity contribution is -0.274. The molecule has 0 saturated heterocycles. The third-order valence-electron chi connectivity index (χ3n) is 5.08. The Hall–Kier alpha value is -2.93. The van der Waals surface area contributed by atoms with Crippen LogP contribution in [0.4, 0.5) is 13.2 Å². The Balaban J connectivity index is 1.91. The molecule has 3 aromatic carbocycles. The van der Waals surface area contributed by atoms with Crippen LogP contribution in [0.5, 0.6) is 5.75 Å². The fourth-order valence-corrected chi connectivity index (χ4v) is 4.32. The predicted molar refractivity (Wildman–Crippen MR) is 128 cm³/mol. The molecule has 0 aliphatic rings. The van der Waals surface area contributed by atoms with Gasteiger partial charge in [0.15, 0.2) is 0 Å². The topological polar surface area (TPSA) is 35.5 Å². The van der Waals surface area contributed by atoms with E-state index in [9.17, 15) is 18.0 Å². The number of alkyl halides is 3. The van der Waals surface area contributed by atoms with E-state index in [1.165, 1.54) is 29.5 Å². The molecule has 34 heavy (non-hydrogen) atoms. The minimum absolute atomic E-state index is 0.0418. The number of halogens is 3. The molecule has 0 fully saturated rings. The molecule has 0 aromatic heterocycles. The predicted octanol–water partition coefficient (Wildman–Crippen LogP) is 7.81. The van der Waals surface area contributed by atoms with E-state index < -0.39 is 6.36 Å². The molecule has 0 amide bonds. The first-order valence-corrected chi connectivity index (χ1v) is 11.7. The van der Waals surface area contributed by atoms with Crippen molar-refractivity contribution in [2.45, 2.75) is 55.7 Å². The third kappa shape index (κ3) is 7.29. The first-order chi connectivity index (χ1) is 15.9. The highest BCUT2D eigenvalue weighted by atomic mass is 32.2. The molecule has 3 rings (SSSR count). The van der Waals surface area contributed by atoms with Crippen LogP contribution >= 0.6 is 11.8 Å². The van der Waals surface area contributed by atoms with Crippen LogP contribution in [0.25, 0.3) is 11.1 Å². The van der Waals surface area contributed by atoms with Crippen LogP contribution in [0.1, 0.15) is 38.8 Å². The van der Waals surface area contributed by atoms with E-state index in [0.717, 1.165) is 26.5 Å². The molecule has 0 atom stereocenters. The highest BCUT2D eigenvalue weighted by Gasteiger charge is 2.31. The molecule has 0 radical (unpaired) electrons. The maximum absolute atomic E-state index is 12.5. The van der Waals surface area contributed by atoms with Gasteiger partial charge in [-0.05, 0) is 64.9 Å². The number of rotatable bonds is 7. The van der Waals surface area contributed by atoms with E-state index in [1.807, 2.05) is 18.2 Å². The summed E-state index contributed by atoms with van der Waals surface area (Å²) in [5.74, 6) is -0.586. The van der Waals surface area contributed by atoms with Gasteiger partial charge in [0.2, 0.25) is 0 Å². The van der Waals surface area contributed by atoms with Crippen LogP contribution in [0.3, 0.4) is 0 Å². The molecule has 0 N–H and O–H groups in total. The lowest BCUT2D eigenvalue weighted by atomic mass is 9.87. The van der Waals surface area contributed by atoms with Crippen molar-refractivity contribution < 1.29 is 27.4 Å². The summed E-state index contributed by atoms with van der Waals surface area (Å²) in [4.78, 5) is 14.0. The maximum Gasteiger partial charge on any atom is 0.573 e. The molecular weight excluding hydrogens is 461 g/mol. The quantitative estimate of drug-likeness (QED) is 0.318. The summed E-state index contributed by atoms with van der Waals surface area (Å²) in [6, 6.07) is 19.7. The summed E-state index contributed by atoms with van der Waals surface area (Å²) >= 11 is 1.53. The third-order valence-corrected chi connectivity index (χ3v) is 6.18. The second-order valence-electron chi connectivity index (χ2n) is 8.75. The zero-order valence-electron chi connectivity index (χ0n) is 19.5. The van der Waals surface area contributed by atoms with E-state index in [-0.39, 0.29) is 23.6 Å². The van der Waals surface area contributed by atoms with Gasteiger partial charge in [0.25, 0.3) is 0 Å². The minimum atomic E-state index is -4.73. The zero-order chi connectivity index (χ0) is 24.9. The summed E-state index contributed by atoms with van der Waals surface area (Å²) in [5.41, 5.74) is 3.64. The van der Waals surface area contributed by atoms with Gasteiger partial charge in [0.1, 0.15) is 5.75 Å². The first kappa shape index (κ1) is 25.7. The van der Waals surface area contributed by atoms with Crippen LogP contribution in [-0.2, 0) is 21.4 Å². The van der Waals surface area contributed by atoms with E-state index >= 15 is 0 Å². The van der Waals surface area contributed by atoms with Gasteiger partial charge in [-0.25, -0.2) is 0 Å². The maximum atomic E-state index is 12.5. The number of ether oxygens (including phenoxy) is 2. The van der Waals surface area contributed by atoms with Crippen molar-refractivity contribution in [3.8, 4) is 16.9 Å². The van der Waals surface area contributed by atoms with Crippen LogP contribution in [-0.4, -0.2) is 18.9 Å². The molecule has 0 saturated carbocycles. The molecule has 3 nitrogen and oxygen atoms in total. The van der Waals surface area contributed by atoms with Crippen LogP contribution in [0.15, 0.2) is 76.5 Å². The highest BCUT2D eigenvalue weighted by Crippen LogP contribution is 2.36. The van der Waals surface area contributed by atoms with Crippen molar-refractivity contribution in [2.75, 3.05) is 6.61 Å². The molecule has 0 aliphatic heterocycles. The SMILES string of the molecule is CCOC(=O)Cc1ccc(-c2ccc(OC(F)(F)F)cc2)cc1Sc1ccc(C(C)(C)C)cc1. The largest absolute Gasteiger partial charge is 0.573 e. The van der Waals surface area contributed by atoms with Crippen LogP contribution in [0, 0.1) is 0 Å². The molecule has 0 heterocycles. The van der Waals surface area contributed by atoms with Gasteiger partial charge in [-0.1, -0.05) is 68.9 Å². The normalized spacial score (nSPS) is 11.9. The van der Waals surface area contributed by atoms with Gasteiger partial charge in [-0.15, -0.1) is 13.2 Å². The Labute approximate surface area is 202 Å². The Morgan fingerprint density at radius 1 is 0.882 bits per heavy atom. The number of carbonyl (C=O) groups is 1. The van der Waals surface area contributed by atoms with Crippen molar-refractivity contribution in [1.29, 1.82) is 0 Å². The highest BCUT2D eigenvalue weighted by molar-refractivity contribution is 7.99. The van der Waals surface area contributed by atoms with Crippen LogP contribution < -0.4 is 4.74 Å². The van der Waals surface area contributed by atoms with Crippen molar-refractivity contribution in [1.82, 2.24) is 0 Å². The first-order valence-electron chi connectivity index (χ1n) is 10.9. The van der Waals surface area contributed by atoms with Gasteiger partial charge in [-0.3, -0.25) is 4.79 Å². The number of benzene rings is 3. The Morgan fingerprint density at radius 3 is 2.06 bits per heavy atom. The van der Waals surface area contributed by atoms with Gasteiger partial charge >= 0.3 is 12.3 Å². The van der Waals surface area contributed by atoms with Crippen LogP contribution in [0.2, 0.25) is 0 Å². The standard InChI is InChI=1S/C27H27F3O3S/c1-5-32-25(31)17-20-7-6-19(18-8-12-22(13-9-18)33-27(28,29)30)16-24(20)34-23-14-10-21(11-15-23)26(2,3)4/h6-16H,5,17H2,1-4H3. The summed E-state index contributed by atoms with van der Waals surface area (Å²) < 4.78 is 46.4. The van der Waals surface area contributed by atoms with Gasteiger partial charge in [0, 0.05) is 9.79 Å². The Kier molecular flexibility index (Phi) is 7.97. The lowest BCUT2D eigenvalue weighted by Gasteiger charge is -2.19. The van der Waals surface area contributed by atoms with Crippen molar-refractivity contribution in [2.24, 2.45) is 0 Å². The molecular formula is C27H27F3O3S. The monoisotopic (exact) mass is 488 g/mol. The summed E-state index contributed by atoms with van der Waals surface area (Å²) in [6.07, 6.45) is -4.60. The van der Waals surface area contributed by atoms with Gasteiger partial charge in [-0.2, -0.15) is 0 Å². The summed E-state index contributed by atoms with van der Waals surface area (Å²) in [6.45, 7) is 8.53. The van der Waals surface area contributed by atoms with E-state index in [2.05, 4.69) is 49.8 Å². The number of hydrogen-bond acceptors (Lipinski definition) is 4. The fourth-order valence-electron chi connectivity index (χ4n) is 3.34. The average Bonchev–Trinajstić information content (AvgIpc) is 2.74. The molecule has 3 aromatic rings. The smallest absolute Gasteiger partial charge is 0.466 e. The molecule has 7 heteroatoms. The van der Waals surface area contributed by atoms with E-state index in [0.29, 0.717) is 6.61 Å². The Bertz CT molecular complexity index is 1120. The number of carbonyl (C=O) groups excluding carboxylic acids is 1. The second-order valence-corrected chi connectivity index (χ2v) is 9.87. The van der Waals surface area contributed by atoms with Crippen molar-refractivity contribution in [3.05, 3.63) is 77.9 Å².